The van der Waals surface area contributed by atoms with Crippen LogP contribution >= 0.6 is 22.9 Å². The third-order valence-electron chi connectivity index (χ3n) is 4.33. The van der Waals surface area contributed by atoms with Crippen molar-refractivity contribution < 1.29 is 4.79 Å². The Morgan fingerprint density at radius 1 is 1.25 bits per heavy atom. The van der Waals surface area contributed by atoms with Gasteiger partial charge in [-0.3, -0.25) is 4.79 Å². The van der Waals surface area contributed by atoms with Crippen LogP contribution in [0.3, 0.4) is 0 Å². The predicted octanol–water partition coefficient (Wildman–Crippen LogP) is 3.80. The van der Waals surface area contributed by atoms with Crippen LogP contribution in [-0.4, -0.2) is 20.7 Å². The second kappa shape index (κ2) is 6.53. The summed E-state index contributed by atoms with van der Waals surface area (Å²) in [5.74, 6) is 1.68. The summed E-state index contributed by atoms with van der Waals surface area (Å²) >= 11 is 7.78. The molecule has 7 heteroatoms. The molecule has 0 radical (unpaired) electrons. The van der Waals surface area contributed by atoms with Crippen LogP contribution in [0, 0.1) is 0 Å². The van der Waals surface area contributed by atoms with Crippen LogP contribution in [0.25, 0.3) is 10.1 Å². The van der Waals surface area contributed by atoms with E-state index in [1.807, 2.05) is 24.3 Å². The molecular formula is C17H17ClN4OS. The normalized spacial score (nSPS) is 14.4. The van der Waals surface area contributed by atoms with Gasteiger partial charge in [0.25, 0.3) is 5.91 Å². The van der Waals surface area contributed by atoms with Crippen molar-refractivity contribution in [2.75, 3.05) is 0 Å². The summed E-state index contributed by atoms with van der Waals surface area (Å²) in [6.07, 6.45) is 4.46. The van der Waals surface area contributed by atoms with Crippen molar-refractivity contribution in [3.05, 3.63) is 45.8 Å². The number of thiophene rings is 1. The van der Waals surface area contributed by atoms with Crippen molar-refractivity contribution in [1.29, 1.82) is 0 Å². The average molecular weight is 361 g/mol. The highest BCUT2D eigenvalue weighted by molar-refractivity contribution is 7.21. The van der Waals surface area contributed by atoms with Gasteiger partial charge in [0.05, 0.1) is 11.6 Å². The lowest BCUT2D eigenvalue weighted by Crippen LogP contribution is -2.24. The molecule has 0 atom stereocenters. The second-order valence-electron chi connectivity index (χ2n) is 5.92. The molecule has 1 aromatic carbocycles. The number of benzene rings is 1. The molecule has 24 heavy (non-hydrogen) atoms. The first-order valence-corrected chi connectivity index (χ1v) is 9.29. The van der Waals surface area contributed by atoms with Crippen molar-refractivity contribution in [3.8, 4) is 0 Å². The molecule has 0 unspecified atom stereocenters. The summed E-state index contributed by atoms with van der Waals surface area (Å²) in [5, 5.41) is 12.9. The maximum atomic E-state index is 12.5. The number of halogens is 1. The van der Waals surface area contributed by atoms with E-state index in [4.69, 9.17) is 11.6 Å². The Balaban J connectivity index is 1.52. The predicted molar refractivity (Wildman–Crippen MR) is 95.6 cm³/mol. The number of nitrogens with one attached hydrogen (secondary N) is 1. The standard InChI is InChI=1S/C17H17ClN4OS/c18-15-11-6-3-4-7-12(11)24-16(15)17(23)19-10-14-21-20-13-8-2-1-5-9-22(13)14/h3-4,6-7H,1-2,5,8-10H2,(H,19,23). The van der Waals surface area contributed by atoms with Gasteiger partial charge < -0.3 is 9.88 Å². The van der Waals surface area contributed by atoms with E-state index in [9.17, 15) is 4.79 Å². The zero-order valence-corrected chi connectivity index (χ0v) is 14.7. The van der Waals surface area contributed by atoms with Gasteiger partial charge in [-0.05, 0) is 18.9 Å². The number of hydrogen-bond acceptors (Lipinski definition) is 4. The lowest BCUT2D eigenvalue weighted by atomic mass is 10.2. The molecule has 0 saturated carbocycles. The van der Waals surface area contributed by atoms with Crippen molar-refractivity contribution >= 4 is 38.9 Å². The lowest BCUT2D eigenvalue weighted by molar-refractivity contribution is 0.0953. The van der Waals surface area contributed by atoms with Crippen LogP contribution in [0.15, 0.2) is 24.3 Å². The third kappa shape index (κ3) is 2.80. The Morgan fingerprint density at radius 2 is 2.12 bits per heavy atom. The first kappa shape index (κ1) is 15.6. The molecule has 1 N–H and O–H groups in total. The van der Waals surface area contributed by atoms with E-state index in [0.29, 0.717) is 16.4 Å². The van der Waals surface area contributed by atoms with Crippen molar-refractivity contribution in [3.63, 3.8) is 0 Å². The number of hydrogen-bond donors (Lipinski definition) is 1. The molecule has 1 amide bonds. The number of amides is 1. The molecule has 1 aliphatic heterocycles. The Morgan fingerprint density at radius 3 is 3.00 bits per heavy atom. The van der Waals surface area contributed by atoms with Crippen molar-refractivity contribution in [2.24, 2.45) is 0 Å². The number of nitrogens with zero attached hydrogens (tertiary/aromatic N) is 3. The third-order valence-corrected chi connectivity index (χ3v) is 6.01. The highest BCUT2D eigenvalue weighted by Crippen LogP contribution is 2.35. The van der Waals surface area contributed by atoms with Gasteiger partial charge in [0, 0.05) is 23.1 Å². The molecular weight excluding hydrogens is 344 g/mol. The summed E-state index contributed by atoms with van der Waals surface area (Å²) in [5.41, 5.74) is 0. The maximum Gasteiger partial charge on any atom is 0.263 e. The van der Waals surface area contributed by atoms with E-state index in [2.05, 4.69) is 20.1 Å². The number of rotatable bonds is 3. The fourth-order valence-electron chi connectivity index (χ4n) is 3.08. The van der Waals surface area contributed by atoms with E-state index in [1.54, 1.807) is 0 Å². The summed E-state index contributed by atoms with van der Waals surface area (Å²) < 4.78 is 3.16. The first-order valence-electron chi connectivity index (χ1n) is 8.10. The highest BCUT2D eigenvalue weighted by Gasteiger charge is 2.19. The van der Waals surface area contributed by atoms with Gasteiger partial charge >= 0.3 is 0 Å². The molecule has 5 nitrogen and oxygen atoms in total. The van der Waals surface area contributed by atoms with Crippen LogP contribution < -0.4 is 5.32 Å². The smallest absolute Gasteiger partial charge is 0.263 e. The van der Waals surface area contributed by atoms with E-state index < -0.39 is 0 Å². The second-order valence-corrected chi connectivity index (χ2v) is 7.35. The average Bonchev–Trinajstić information content (AvgIpc) is 3.05. The van der Waals surface area contributed by atoms with Gasteiger partial charge in [0.1, 0.15) is 10.7 Å². The molecule has 1 aliphatic rings. The van der Waals surface area contributed by atoms with Crippen LogP contribution in [0.4, 0.5) is 0 Å². The Kier molecular flexibility index (Phi) is 4.24. The number of fused-ring (bicyclic) bond motifs is 2. The van der Waals surface area contributed by atoms with Crippen molar-refractivity contribution in [2.45, 2.75) is 38.8 Å². The van der Waals surface area contributed by atoms with Crippen LogP contribution in [-0.2, 0) is 19.5 Å². The van der Waals surface area contributed by atoms with Crippen LogP contribution in [0.5, 0.6) is 0 Å². The molecule has 0 bridgehead atoms. The molecule has 3 aromatic rings. The summed E-state index contributed by atoms with van der Waals surface area (Å²) in [6.45, 7) is 1.30. The lowest BCUT2D eigenvalue weighted by Gasteiger charge is -2.07. The SMILES string of the molecule is O=C(NCc1nnc2n1CCCCC2)c1sc2ccccc2c1Cl. The largest absolute Gasteiger partial charge is 0.344 e. The minimum Gasteiger partial charge on any atom is -0.344 e. The maximum absolute atomic E-state index is 12.5. The zero-order valence-electron chi connectivity index (χ0n) is 13.1. The van der Waals surface area contributed by atoms with Gasteiger partial charge in [0.15, 0.2) is 5.82 Å². The van der Waals surface area contributed by atoms with E-state index in [0.717, 1.165) is 47.5 Å². The summed E-state index contributed by atoms with van der Waals surface area (Å²) in [7, 11) is 0. The molecule has 0 saturated heterocycles. The van der Waals surface area contributed by atoms with Gasteiger partial charge in [-0.1, -0.05) is 36.2 Å². The fraction of sp³-hybridized carbons (Fsp3) is 0.353. The molecule has 2 aromatic heterocycles. The van der Waals surface area contributed by atoms with Crippen LogP contribution in [0.2, 0.25) is 5.02 Å². The minimum atomic E-state index is -0.160. The number of aromatic nitrogens is 3. The van der Waals surface area contributed by atoms with Crippen molar-refractivity contribution in [1.82, 2.24) is 20.1 Å². The summed E-state index contributed by atoms with van der Waals surface area (Å²) in [4.78, 5) is 13.1. The fourth-order valence-corrected chi connectivity index (χ4v) is 4.51. The minimum absolute atomic E-state index is 0.160. The topological polar surface area (TPSA) is 59.8 Å². The van der Waals surface area contributed by atoms with E-state index >= 15 is 0 Å². The molecule has 3 heterocycles. The highest BCUT2D eigenvalue weighted by atomic mass is 35.5. The van der Waals surface area contributed by atoms with E-state index in [-0.39, 0.29) is 5.91 Å². The van der Waals surface area contributed by atoms with Gasteiger partial charge in [-0.15, -0.1) is 21.5 Å². The monoisotopic (exact) mass is 360 g/mol. The molecule has 4 rings (SSSR count). The van der Waals surface area contributed by atoms with E-state index in [1.165, 1.54) is 17.8 Å². The molecule has 124 valence electrons. The Labute approximate surface area is 148 Å². The van der Waals surface area contributed by atoms with Gasteiger partial charge in [0.2, 0.25) is 0 Å². The molecule has 0 aliphatic carbocycles. The molecule has 0 fully saturated rings. The Hall–Kier alpha value is -1.92. The number of carbonyl (C=O) groups excluding carboxylic acids is 1. The quantitative estimate of drug-likeness (QED) is 0.772. The molecule has 0 spiro atoms. The van der Waals surface area contributed by atoms with Gasteiger partial charge in [-0.25, -0.2) is 0 Å². The number of aryl methyl sites for hydroxylation is 1. The first-order chi connectivity index (χ1) is 11.7. The van der Waals surface area contributed by atoms with Crippen LogP contribution in [0.1, 0.15) is 40.6 Å². The zero-order chi connectivity index (χ0) is 16.5. The summed E-state index contributed by atoms with van der Waals surface area (Å²) in [6, 6.07) is 7.78. The van der Waals surface area contributed by atoms with Gasteiger partial charge in [-0.2, -0.15) is 0 Å². The number of carbonyl (C=O) groups is 1. The Bertz CT molecular complexity index is 901.